The Kier molecular flexibility index (Phi) is 4.63. The SMILES string of the molecule is C[C@H]1CC[C@@H]2N(CC3[C@@H]4C[C@H]5C(CC(=O)[C@H]6CC(=O)CC[C@@]65C)[C@@H]4CC[C@@H]3[C@]2(C)O)C1. The third-order valence-electron chi connectivity index (χ3n) is 11.7. The number of rotatable bonds is 0. The molecule has 2 unspecified atom stereocenters. The van der Waals surface area contributed by atoms with Gasteiger partial charge in [0.05, 0.1) is 5.60 Å². The van der Waals surface area contributed by atoms with Crippen LogP contribution in [0, 0.1) is 52.8 Å². The summed E-state index contributed by atoms with van der Waals surface area (Å²) in [5.74, 6) is 4.81. The summed E-state index contributed by atoms with van der Waals surface area (Å²) in [6.07, 6.45) is 8.75. The van der Waals surface area contributed by atoms with Crippen molar-refractivity contribution in [2.75, 3.05) is 13.1 Å². The van der Waals surface area contributed by atoms with Crippen molar-refractivity contribution < 1.29 is 14.7 Å². The quantitative estimate of drug-likeness (QED) is 0.632. The number of hydrogen-bond acceptors (Lipinski definition) is 4. The average molecular weight is 428 g/mol. The van der Waals surface area contributed by atoms with E-state index in [0.717, 1.165) is 44.7 Å². The molecule has 4 aliphatic carbocycles. The molecule has 0 aromatic heterocycles. The van der Waals surface area contributed by atoms with Crippen molar-refractivity contribution in [2.45, 2.75) is 90.2 Å². The van der Waals surface area contributed by atoms with Crippen LogP contribution in [-0.2, 0) is 9.59 Å². The van der Waals surface area contributed by atoms with Crippen LogP contribution in [0.15, 0.2) is 0 Å². The fraction of sp³-hybridized carbons (Fsp3) is 0.926. The van der Waals surface area contributed by atoms with Crippen LogP contribution in [0.2, 0.25) is 0 Å². The van der Waals surface area contributed by atoms with Crippen LogP contribution in [0.3, 0.4) is 0 Å². The van der Waals surface area contributed by atoms with Crippen LogP contribution in [0.4, 0.5) is 0 Å². The molecular weight excluding hydrogens is 386 g/mol. The average Bonchev–Trinajstić information content (AvgIpc) is 3.09. The molecule has 2 aliphatic heterocycles. The summed E-state index contributed by atoms with van der Waals surface area (Å²) in [4.78, 5) is 28.0. The van der Waals surface area contributed by atoms with E-state index in [-0.39, 0.29) is 11.3 Å². The van der Waals surface area contributed by atoms with Gasteiger partial charge in [0.2, 0.25) is 0 Å². The molecule has 0 amide bonds. The fourth-order valence-corrected chi connectivity index (χ4v) is 10.2. The molecule has 172 valence electrons. The van der Waals surface area contributed by atoms with Crippen molar-refractivity contribution >= 4 is 11.6 Å². The molecule has 0 radical (unpaired) electrons. The van der Waals surface area contributed by atoms with Gasteiger partial charge in [-0.05, 0) is 92.3 Å². The largest absolute Gasteiger partial charge is 0.388 e. The molecule has 4 saturated carbocycles. The number of piperidine rings is 2. The van der Waals surface area contributed by atoms with E-state index in [1.165, 1.54) is 19.3 Å². The second-order valence-electron chi connectivity index (χ2n) is 13.0. The zero-order valence-electron chi connectivity index (χ0n) is 19.7. The van der Waals surface area contributed by atoms with E-state index in [0.29, 0.717) is 66.0 Å². The van der Waals surface area contributed by atoms with E-state index in [2.05, 4.69) is 25.7 Å². The van der Waals surface area contributed by atoms with Crippen molar-refractivity contribution in [3.63, 3.8) is 0 Å². The number of carbonyl (C=O) groups excluding carboxylic acids is 2. The molecule has 4 heteroatoms. The highest BCUT2D eigenvalue weighted by molar-refractivity contribution is 5.90. The van der Waals surface area contributed by atoms with Crippen molar-refractivity contribution in [3.05, 3.63) is 0 Å². The predicted molar refractivity (Wildman–Crippen MR) is 119 cm³/mol. The highest BCUT2D eigenvalue weighted by Crippen LogP contribution is 2.66. The highest BCUT2D eigenvalue weighted by Gasteiger charge is 2.64. The van der Waals surface area contributed by atoms with E-state index >= 15 is 0 Å². The minimum Gasteiger partial charge on any atom is -0.388 e. The first-order valence-corrected chi connectivity index (χ1v) is 13.2. The molecule has 11 atom stereocenters. The molecule has 1 N–H and O–H groups in total. The van der Waals surface area contributed by atoms with Crippen LogP contribution in [-0.4, -0.2) is 46.3 Å². The maximum absolute atomic E-state index is 13.2. The van der Waals surface area contributed by atoms with Gasteiger partial charge in [0.25, 0.3) is 0 Å². The van der Waals surface area contributed by atoms with Gasteiger partial charge in [0, 0.05) is 44.3 Å². The van der Waals surface area contributed by atoms with E-state index < -0.39 is 5.60 Å². The summed E-state index contributed by atoms with van der Waals surface area (Å²) >= 11 is 0. The summed E-state index contributed by atoms with van der Waals surface area (Å²) in [6, 6.07) is 0.331. The van der Waals surface area contributed by atoms with E-state index in [1.54, 1.807) is 0 Å². The lowest BCUT2D eigenvalue weighted by Gasteiger charge is -2.59. The van der Waals surface area contributed by atoms with Gasteiger partial charge in [-0.15, -0.1) is 0 Å². The first-order chi connectivity index (χ1) is 14.7. The Morgan fingerprint density at radius 2 is 1.71 bits per heavy atom. The number of aliphatic hydroxyl groups is 1. The monoisotopic (exact) mass is 427 g/mol. The van der Waals surface area contributed by atoms with Gasteiger partial charge in [0.1, 0.15) is 11.6 Å². The smallest absolute Gasteiger partial charge is 0.137 e. The lowest BCUT2D eigenvalue weighted by molar-refractivity contribution is -0.175. The molecule has 31 heavy (non-hydrogen) atoms. The summed E-state index contributed by atoms with van der Waals surface area (Å²) < 4.78 is 0. The predicted octanol–water partition coefficient (Wildman–Crippen LogP) is 4.09. The third-order valence-corrected chi connectivity index (χ3v) is 11.7. The molecule has 2 saturated heterocycles. The van der Waals surface area contributed by atoms with Crippen LogP contribution in [0.5, 0.6) is 0 Å². The molecule has 4 nitrogen and oxygen atoms in total. The minimum atomic E-state index is -0.582. The Labute approximate surface area is 187 Å². The Bertz CT molecular complexity index is 791. The molecule has 0 aromatic carbocycles. The summed E-state index contributed by atoms with van der Waals surface area (Å²) in [5, 5.41) is 11.8. The van der Waals surface area contributed by atoms with Gasteiger partial charge in [0.15, 0.2) is 0 Å². The second-order valence-corrected chi connectivity index (χ2v) is 13.0. The van der Waals surface area contributed by atoms with Gasteiger partial charge in [-0.3, -0.25) is 14.5 Å². The first-order valence-electron chi connectivity index (χ1n) is 13.2. The van der Waals surface area contributed by atoms with Crippen LogP contribution in [0.1, 0.15) is 78.6 Å². The van der Waals surface area contributed by atoms with Crippen molar-refractivity contribution in [3.8, 4) is 0 Å². The van der Waals surface area contributed by atoms with Gasteiger partial charge in [-0.1, -0.05) is 13.8 Å². The molecule has 6 aliphatic rings. The van der Waals surface area contributed by atoms with Crippen LogP contribution in [0.25, 0.3) is 0 Å². The van der Waals surface area contributed by atoms with Crippen LogP contribution < -0.4 is 0 Å². The molecule has 0 aromatic rings. The van der Waals surface area contributed by atoms with E-state index in [4.69, 9.17) is 0 Å². The van der Waals surface area contributed by atoms with Gasteiger partial charge in [-0.2, -0.15) is 0 Å². The third kappa shape index (κ3) is 2.86. The summed E-state index contributed by atoms with van der Waals surface area (Å²) in [5.41, 5.74) is -0.554. The first kappa shape index (κ1) is 20.8. The number of carbonyl (C=O) groups is 2. The van der Waals surface area contributed by atoms with E-state index in [1.807, 2.05) is 0 Å². The Balaban J connectivity index is 1.31. The van der Waals surface area contributed by atoms with Gasteiger partial charge in [-0.25, -0.2) is 0 Å². The maximum Gasteiger partial charge on any atom is 0.137 e. The lowest BCUT2D eigenvalue weighted by Crippen LogP contribution is -2.67. The number of Topliss-reactive ketones (excluding diaryl/α,β-unsaturated/α-hetero) is 2. The van der Waals surface area contributed by atoms with Gasteiger partial charge < -0.3 is 5.11 Å². The second kappa shape index (κ2) is 6.88. The zero-order valence-corrected chi connectivity index (χ0v) is 19.7. The zero-order chi connectivity index (χ0) is 21.7. The van der Waals surface area contributed by atoms with Crippen LogP contribution >= 0.6 is 0 Å². The number of ketones is 2. The summed E-state index contributed by atoms with van der Waals surface area (Å²) in [6.45, 7) is 9.15. The highest BCUT2D eigenvalue weighted by atomic mass is 16.3. The fourth-order valence-electron chi connectivity index (χ4n) is 10.2. The number of hydrogen-bond donors (Lipinski definition) is 1. The van der Waals surface area contributed by atoms with Crippen molar-refractivity contribution in [2.24, 2.45) is 52.8 Å². The molecule has 0 spiro atoms. The molecular formula is C27H41NO3. The maximum atomic E-state index is 13.2. The topological polar surface area (TPSA) is 57.6 Å². The normalized spacial score (nSPS) is 56.8. The van der Waals surface area contributed by atoms with Crippen molar-refractivity contribution in [1.29, 1.82) is 0 Å². The van der Waals surface area contributed by atoms with Crippen molar-refractivity contribution in [1.82, 2.24) is 4.90 Å². The molecule has 6 rings (SSSR count). The Morgan fingerprint density at radius 1 is 0.903 bits per heavy atom. The Morgan fingerprint density at radius 3 is 2.52 bits per heavy atom. The van der Waals surface area contributed by atoms with E-state index in [9.17, 15) is 14.7 Å². The molecule has 2 heterocycles. The minimum absolute atomic E-state index is 0.0206. The van der Waals surface area contributed by atoms with Gasteiger partial charge >= 0.3 is 0 Å². The number of fused-ring (bicyclic) bond motifs is 8. The standard InChI is InChI=1S/C27H41NO3/c1-15-4-7-25-27(3,31)21-6-5-17-18(20(21)14-28(25)13-15)11-22-19(17)12-24(30)23-10-16(29)8-9-26(22,23)2/h15,17-23,25,31H,4-14H2,1-3H3/t15-,17+,18+,19?,20?,21-,22-,23+,25-,26+,27-/m0/s1. The lowest BCUT2D eigenvalue weighted by atomic mass is 9.52. The number of nitrogens with zero attached hydrogens (tertiary/aromatic N) is 1. The molecule has 6 fully saturated rings. The summed E-state index contributed by atoms with van der Waals surface area (Å²) in [7, 11) is 0. The molecule has 0 bridgehead atoms. The Hall–Kier alpha value is -0.740.